The minimum atomic E-state index is 0.334. The predicted molar refractivity (Wildman–Crippen MR) is 82.6 cm³/mol. The van der Waals surface area contributed by atoms with Crippen LogP contribution in [0.25, 0.3) is 0 Å². The molecule has 0 bridgehead atoms. The molecule has 0 saturated heterocycles. The standard InChI is InChI=1S/C16H34N2O/c1-7-17-14-8-9-16(4,5)12-15(14)18(6)10-11-19-13(2)3/h13-15,17H,7-12H2,1-6H3. The molecule has 114 valence electrons. The topological polar surface area (TPSA) is 24.5 Å². The Morgan fingerprint density at radius 1 is 1.37 bits per heavy atom. The molecule has 1 aliphatic carbocycles. The lowest BCUT2D eigenvalue weighted by atomic mass is 9.72. The van der Waals surface area contributed by atoms with E-state index in [4.69, 9.17) is 4.74 Å². The van der Waals surface area contributed by atoms with Crippen LogP contribution in [0.2, 0.25) is 0 Å². The first kappa shape index (κ1) is 16.9. The van der Waals surface area contributed by atoms with E-state index in [1.165, 1.54) is 19.3 Å². The highest BCUT2D eigenvalue weighted by Crippen LogP contribution is 2.37. The van der Waals surface area contributed by atoms with Gasteiger partial charge in [-0.25, -0.2) is 0 Å². The first-order valence-corrected chi connectivity index (χ1v) is 7.91. The number of ether oxygens (including phenoxy) is 1. The molecule has 1 fully saturated rings. The molecule has 0 radical (unpaired) electrons. The summed E-state index contributed by atoms with van der Waals surface area (Å²) < 4.78 is 5.69. The Morgan fingerprint density at radius 2 is 2.05 bits per heavy atom. The Bertz CT molecular complexity index is 253. The van der Waals surface area contributed by atoms with E-state index in [0.717, 1.165) is 19.7 Å². The van der Waals surface area contributed by atoms with E-state index in [2.05, 4.69) is 51.9 Å². The lowest BCUT2D eigenvalue weighted by Crippen LogP contribution is -2.54. The molecule has 19 heavy (non-hydrogen) atoms. The lowest BCUT2D eigenvalue weighted by molar-refractivity contribution is 0.0310. The molecule has 1 N–H and O–H groups in total. The average Bonchev–Trinajstić information content (AvgIpc) is 2.30. The highest BCUT2D eigenvalue weighted by Gasteiger charge is 2.36. The van der Waals surface area contributed by atoms with Crippen molar-refractivity contribution in [2.45, 2.75) is 72.1 Å². The number of rotatable bonds is 7. The van der Waals surface area contributed by atoms with Gasteiger partial charge in [-0.3, -0.25) is 4.90 Å². The van der Waals surface area contributed by atoms with Gasteiger partial charge in [0.1, 0.15) is 0 Å². The van der Waals surface area contributed by atoms with Crippen LogP contribution in [0.3, 0.4) is 0 Å². The largest absolute Gasteiger partial charge is 0.377 e. The van der Waals surface area contributed by atoms with Crippen LogP contribution < -0.4 is 5.32 Å². The van der Waals surface area contributed by atoms with Crippen molar-refractivity contribution in [1.29, 1.82) is 0 Å². The summed E-state index contributed by atoms with van der Waals surface area (Å²) in [4.78, 5) is 2.50. The van der Waals surface area contributed by atoms with Gasteiger partial charge in [-0.2, -0.15) is 0 Å². The van der Waals surface area contributed by atoms with Gasteiger partial charge in [0.2, 0.25) is 0 Å². The Labute approximate surface area is 120 Å². The first-order chi connectivity index (χ1) is 8.85. The van der Waals surface area contributed by atoms with Crippen molar-refractivity contribution in [3.63, 3.8) is 0 Å². The maximum Gasteiger partial charge on any atom is 0.0596 e. The van der Waals surface area contributed by atoms with Crippen LogP contribution in [0.4, 0.5) is 0 Å². The minimum Gasteiger partial charge on any atom is -0.377 e. The second-order valence-corrected chi connectivity index (χ2v) is 7.04. The van der Waals surface area contributed by atoms with Gasteiger partial charge in [0.25, 0.3) is 0 Å². The molecule has 3 heteroatoms. The van der Waals surface area contributed by atoms with Crippen molar-refractivity contribution in [3.05, 3.63) is 0 Å². The van der Waals surface area contributed by atoms with E-state index in [1.54, 1.807) is 0 Å². The summed E-state index contributed by atoms with van der Waals surface area (Å²) >= 11 is 0. The molecule has 0 aromatic rings. The second-order valence-electron chi connectivity index (χ2n) is 7.04. The molecule has 0 heterocycles. The molecule has 3 nitrogen and oxygen atoms in total. The zero-order chi connectivity index (χ0) is 14.5. The SMILES string of the molecule is CCNC1CCC(C)(C)CC1N(C)CCOC(C)C. The van der Waals surface area contributed by atoms with Gasteiger partial charge in [-0.1, -0.05) is 20.8 Å². The highest BCUT2D eigenvalue weighted by atomic mass is 16.5. The van der Waals surface area contributed by atoms with Crippen LogP contribution >= 0.6 is 0 Å². The predicted octanol–water partition coefficient (Wildman–Crippen LogP) is 2.90. The fraction of sp³-hybridized carbons (Fsp3) is 1.00. The average molecular weight is 270 g/mol. The van der Waals surface area contributed by atoms with E-state index < -0.39 is 0 Å². The van der Waals surface area contributed by atoms with Gasteiger partial charge in [0.05, 0.1) is 12.7 Å². The second kappa shape index (κ2) is 7.61. The zero-order valence-electron chi connectivity index (χ0n) is 13.8. The summed E-state index contributed by atoms with van der Waals surface area (Å²) in [5.74, 6) is 0. The lowest BCUT2D eigenvalue weighted by Gasteiger charge is -2.45. The van der Waals surface area contributed by atoms with Gasteiger partial charge >= 0.3 is 0 Å². The molecule has 1 saturated carbocycles. The zero-order valence-corrected chi connectivity index (χ0v) is 13.8. The highest BCUT2D eigenvalue weighted by molar-refractivity contribution is 4.93. The van der Waals surface area contributed by atoms with Crippen molar-refractivity contribution < 1.29 is 4.74 Å². The molecule has 0 aromatic carbocycles. The monoisotopic (exact) mass is 270 g/mol. The third-order valence-corrected chi connectivity index (χ3v) is 4.29. The molecular weight excluding hydrogens is 236 g/mol. The summed E-state index contributed by atoms with van der Waals surface area (Å²) in [5.41, 5.74) is 0.476. The van der Waals surface area contributed by atoms with Crippen molar-refractivity contribution in [2.75, 3.05) is 26.7 Å². The maximum absolute atomic E-state index is 5.69. The molecule has 0 amide bonds. The van der Waals surface area contributed by atoms with Crippen LogP contribution in [0.15, 0.2) is 0 Å². The third-order valence-electron chi connectivity index (χ3n) is 4.29. The number of likely N-dealkylation sites (N-methyl/N-ethyl adjacent to an activating group) is 2. The van der Waals surface area contributed by atoms with Crippen molar-refractivity contribution in [3.8, 4) is 0 Å². The summed E-state index contributed by atoms with van der Waals surface area (Å²) in [6, 6.07) is 1.28. The molecule has 0 aromatic heterocycles. The van der Waals surface area contributed by atoms with E-state index in [9.17, 15) is 0 Å². The van der Waals surface area contributed by atoms with Crippen LogP contribution in [-0.4, -0.2) is 49.8 Å². The molecule has 2 atom stereocenters. The number of hydrogen-bond acceptors (Lipinski definition) is 3. The fourth-order valence-corrected chi connectivity index (χ4v) is 3.11. The Morgan fingerprint density at radius 3 is 2.63 bits per heavy atom. The summed E-state index contributed by atoms with van der Waals surface area (Å²) in [5, 5.41) is 3.67. The summed E-state index contributed by atoms with van der Waals surface area (Å²) in [6.45, 7) is 14.2. The molecule has 0 aliphatic heterocycles. The Hall–Kier alpha value is -0.120. The van der Waals surface area contributed by atoms with E-state index in [-0.39, 0.29) is 0 Å². The Kier molecular flexibility index (Phi) is 6.78. The van der Waals surface area contributed by atoms with Crippen LogP contribution in [0, 0.1) is 5.41 Å². The molecule has 2 unspecified atom stereocenters. The number of hydrogen-bond donors (Lipinski definition) is 1. The van der Waals surface area contributed by atoms with Crippen molar-refractivity contribution >= 4 is 0 Å². The maximum atomic E-state index is 5.69. The fourth-order valence-electron chi connectivity index (χ4n) is 3.11. The number of nitrogens with one attached hydrogen (secondary N) is 1. The summed E-state index contributed by atoms with van der Waals surface area (Å²) in [6.07, 6.45) is 4.24. The molecular formula is C16H34N2O. The van der Waals surface area contributed by atoms with E-state index in [1.807, 2.05) is 0 Å². The van der Waals surface area contributed by atoms with Gasteiger partial charge in [-0.15, -0.1) is 0 Å². The smallest absolute Gasteiger partial charge is 0.0596 e. The molecule has 0 spiro atoms. The minimum absolute atomic E-state index is 0.334. The van der Waals surface area contributed by atoms with E-state index in [0.29, 0.717) is 23.6 Å². The first-order valence-electron chi connectivity index (χ1n) is 7.91. The van der Waals surface area contributed by atoms with Crippen LogP contribution in [0.5, 0.6) is 0 Å². The quantitative estimate of drug-likeness (QED) is 0.770. The van der Waals surface area contributed by atoms with Gasteiger partial charge in [0.15, 0.2) is 0 Å². The summed E-state index contributed by atoms with van der Waals surface area (Å²) in [7, 11) is 2.25. The van der Waals surface area contributed by atoms with Crippen LogP contribution in [0.1, 0.15) is 53.9 Å². The van der Waals surface area contributed by atoms with Gasteiger partial charge in [0, 0.05) is 18.6 Å². The van der Waals surface area contributed by atoms with Crippen molar-refractivity contribution in [2.24, 2.45) is 5.41 Å². The number of nitrogens with zero attached hydrogens (tertiary/aromatic N) is 1. The normalized spacial score (nSPS) is 27.2. The third kappa shape index (κ3) is 5.80. The molecule has 1 rings (SSSR count). The molecule has 1 aliphatic rings. The van der Waals surface area contributed by atoms with Crippen LogP contribution in [-0.2, 0) is 4.74 Å². The Balaban J connectivity index is 2.52. The van der Waals surface area contributed by atoms with E-state index >= 15 is 0 Å². The van der Waals surface area contributed by atoms with Gasteiger partial charge < -0.3 is 10.1 Å². The van der Waals surface area contributed by atoms with Gasteiger partial charge in [-0.05, 0) is 52.1 Å². The van der Waals surface area contributed by atoms with Crippen molar-refractivity contribution in [1.82, 2.24) is 10.2 Å².